The van der Waals surface area contributed by atoms with E-state index in [1.54, 1.807) is 36.4 Å². The molecule has 6 nitrogen and oxygen atoms in total. The maximum Gasteiger partial charge on any atom is 0.310 e. The first-order chi connectivity index (χ1) is 13.4. The Labute approximate surface area is 173 Å². The Hall–Kier alpha value is -2.44. The SMILES string of the molecule is CCOc1ccc(CC(=O)OCC(=O)Nc2cc(Cl)cc(Cl)c2)cc1OCC. The lowest BCUT2D eigenvalue weighted by atomic mass is 10.1. The fourth-order valence-corrected chi connectivity index (χ4v) is 2.92. The van der Waals surface area contributed by atoms with Gasteiger partial charge in [-0.1, -0.05) is 29.3 Å². The lowest BCUT2D eigenvalue weighted by molar-refractivity contribution is -0.146. The molecule has 0 spiro atoms. The molecule has 0 unspecified atom stereocenters. The highest BCUT2D eigenvalue weighted by Gasteiger charge is 2.12. The fourth-order valence-electron chi connectivity index (χ4n) is 2.39. The van der Waals surface area contributed by atoms with Gasteiger partial charge in [0.1, 0.15) is 0 Å². The van der Waals surface area contributed by atoms with Crippen molar-refractivity contribution in [3.63, 3.8) is 0 Å². The van der Waals surface area contributed by atoms with Crippen LogP contribution in [0.4, 0.5) is 5.69 Å². The van der Waals surface area contributed by atoms with Crippen LogP contribution in [0.15, 0.2) is 36.4 Å². The smallest absolute Gasteiger partial charge is 0.310 e. The van der Waals surface area contributed by atoms with Crippen LogP contribution in [0, 0.1) is 0 Å². The van der Waals surface area contributed by atoms with Crippen LogP contribution in [0.5, 0.6) is 11.5 Å². The van der Waals surface area contributed by atoms with Crippen LogP contribution >= 0.6 is 23.2 Å². The van der Waals surface area contributed by atoms with Crippen molar-refractivity contribution in [3.05, 3.63) is 52.0 Å². The maximum atomic E-state index is 12.0. The summed E-state index contributed by atoms with van der Waals surface area (Å²) in [6.07, 6.45) is 0.00273. The lowest BCUT2D eigenvalue weighted by Gasteiger charge is -2.12. The summed E-state index contributed by atoms with van der Waals surface area (Å²) in [5.74, 6) is 0.144. The van der Waals surface area contributed by atoms with Crippen molar-refractivity contribution >= 4 is 40.8 Å². The van der Waals surface area contributed by atoms with Gasteiger partial charge in [0.2, 0.25) is 0 Å². The van der Waals surface area contributed by atoms with E-state index in [-0.39, 0.29) is 6.42 Å². The van der Waals surface area contributed by atoms with E-state index in [2.05, 4.69) is 5.32 Å². The second-order valence-electron chi connectivity index (χ2n) is 5.69. The molecule has 2 aromatic carbocycles. The highest BCUT2D eigenvalue weighted by Crippen LogP contribution is 2.28. The predicted molar refractivity (Wildman–Crippen MR) is 109 cm³/mol. The summed E-state index contributed by atoms with van der Waals surface area (Å²) >= 11 is 11.8. The number of hydrogen-bond acceptors (Lipinski definition) is 5. The number of carbonyl (C=O) groups is 2. The van der Waals surface area contributed by atoms with Crippen LogP contribution in [-0.4, -0.2) is 31.7 Å². The molecule has 150 valence electrons. The van der Waals surface area contributed by atoms with E-state index < -0.39 is 18.5 Å². The van der Waals surface area contributed by atoms with Crippen LogP contribution in [-0.2, 0) is 20.7 Å². The Morgan fingerprint density at radius 3 is 2.21 bits per heavy atom. The summed E-state index contributed by atoms with van der Waals surface area (Å²) in [7, 11) is 0. The van der Waals surface area contributed by atoms with Gasteiger partial charge in [0.05, 0.1) is 19.6 Å². The Bertz CT molecular complexity index is 821. The second kappa shape index (κ2) is 10.8. The molecule has 2 rings (SSSR count). The highest BCUT2D eigenvalue weighted by atomic mass is 35.5. The van der Waals surface area contributed by atoms with Gasteiger partial charge < -0.3 is 19.5 Å². The van der Waals surface area contributed by atoms with Crippen LogP contribution in [0.1, 0.15) is 19.4 Å². The maximum absolute atomic E-state index is 12.0. The van der Waals surface area contributed by atoms with Crippen molar-refractivity contribution < 1.29 is 23.8 Å². The number of nitrogens with one attached hydrogen (secondary N) is 1. The molecule has 0 heterocycles. The van der Waals surface area contributed by atoms with E-state index in [1.807, 2.05) is 13.8 Å². The average Bonchev–Trinajstić information content (AvgIpc) is 2.62. The fraction of sp³-hybridized carbons (Fsp3) is 0.300. The number of halogens is 2. The predicted octanol–water partition coefficient (Wildman–Crippen LogP) is 4.52. The third kappa shape index (κ3) is 6.94. The Morgan fingerprint density at radius 1 is 0.929 bits per heavy atom. The molecule has 0 aromatic heterocycles. The standard InChI is InChI=1S/C20H21Cl2NO5/c1-3-26-17-6-5-13(7-18(17)27-4-2)8-20(25)28-12-19(24)23-16-10-14(21)9-15(22)11-16/h5-7,9-11H,3-4,8,12H2,1-2H3,(H,23,24). The zero-order valence-electron chi connectivity index (χ0n) is 15.6. The zero-order valence-corrected chi connectivity index (χ0v) is 17.1. The van der Waals surface area contributed by atoms with Gasteiger partial charge in [-0.05, 0) is 49.7 Å². The molecule has 0 fully saturated rings. The summed E-state index contributed by atoms with van der Waals surface area (Å²) in [5, 5.41) is 3.35. The van der Waals surface area contributed by atoms with Crippen molar-refractivity contribution in [2.45, 2.75) is 20.3 Å². The van der Waals surface area contributed by atoms with Crippen LogP contribution in [0.3, 0.4) is 0 Å². The van der Waals surface area contributed by atoms with Gasteiger partial charge in [0, 0.05) is 15.7 Å². The summed E-state index contributed by atoms with van der Waals surface area (Å²) in [4.78, 5) is 24.0. The largest absolute Gasteiger partial charge is 0.490 e. The first-order valence-electron chi connectivity index (χ1n) is 8.71. The minimum Gasteiger partial charge on any atom is -0.490 e. The third-order valence-corrected chi connectivity index (χ3v) is 3.90. The average molecular weight is 426 g/mol. The van der Waals surface area contributed by atoms with E-state index in [0.29, 0.717) is 46.0 Å². The van der Waals surface area contributed by atoms with Crippen molar-refractivity contribution in [1.82, 2.24) is 0 Å². The van der Waals surface area contributed by atoms with Gasteiger partial charge in [-0.25, -0.2) is 0 Å². The Kier molecular flexibility index (Phi) is 8.42. The van der Waals surface area contributed by atoms with Crippen LogP contribution in [0.25, 0.3) is 0 Å². The molecule has 0 aliphatic carbocycles. The van der Waals surface area contributed by atoms with Crippen molar-refractivity contribution in [1.29, 1.82) is 0 Å². The molecule has 2 aromatic rings. The minimum absolute atomic E-state index is 0.00273. The van der Waals surface area contributed by atoms with Crippen LogP contribution in [0.2, 0.25) is 10.0 Å². The molecule has 0 atom stereocenters. The number of esters is 1. The van der Waals surface area contributed by atoms with E-state index >= 15 is 0 Å². The van der Waals surface area contributed by atoms with Gasteiger partial charge in [-0.3, -0.25) is 9.59 Å². The number of rotatable bonds is 9. The third-order valence-electron chi connectivity index (χ3n) is 3.47. The molecule has 0 aliphatic rings. The molecule has 0 aliphatic heterocycles. The molecule has 0 bridgehead atoms. The molecule has 1 amide bonds. The highest BCUT2D eigenvalue weighted by molar-refractivity contribution is 6.35. The molecule has 1 N–H and O–H groups in total. The van der Waals surface area contributed by atoms with Gasteiger partial charge in [-0.2, -0.15) is 0 Å². The van der Waals surface area contributed by atoms with Gasteiger partial charge in [0.15, 0.2) is 18.1 Å². The van der Waals surface area contributed by atoms with Gasteiger partial charge >= 0.3 is 5.97 Å². The minimum atomic E-state index is -0.536. The Balaban J connectivity index is 1.89. The molecule has 0 radical (unpaired) electrons. The first-order valence-corrected chi connectivity index (χ1v) is 9.47. The van der Waals surface area contributed by atoms with Gasteiger partial charge in [-0.15, -0.1) is 0 Å². The van der Waals surface area contributed by atoms with E-state index in [1.165, 1.54) is 0 Å². The van der Waals surface area contributed by atoms with Crippen molar-refractivity contribution in [3.8, 4) is 11.5 Å². The second-order valence-corrected chi connectivity index (χ2v) is 6.56. The molecule has 28 heavy (non-hydrogen) atoms. The molecule has 0 saturated heterocycles. The van der Waals surface area contributed by atoms with Crippen LogP contribution < -0.4 is 14.8 Å². The van der Waals surface area contributed by atoms with Crippen molar-refractivity contribution in [2.24, 2.45) is 0 Å². The van der Waals surface area contributed by atoms with E-state index in [9.17, 15) is 9.59 Å². The summed E-state index contributed by atoms with van der Waals surface area (Å²) in [6.45, 7) is 4.31. The summed E-state index contributed by atoms with van der Waals surface area (Å²) < 4.78 is 16.1. The summed E-state index contributed by atoms with van der Waals surface area (Å²) in [6, 6.07) is 9.86. The number of anilines is 1. The first kappa shape index (κ1) is 21.9. The molecular weight excluding hydrogens is 405 g/mol. The quantitative estimate of drug-likeness (QED) is 0.597. The van der Waals surface area contributed by atoms with E-state index in [4.69, 9.17) is 37.4 Å². The summed E-state index contributed by atoms with van der Waals surface area (Å²) in [5.41, 5.74) is 1.12. The monoisotopic (exact) mass is 425 g/mol. The molecule has 8 heteroatoms. The topological polar surface area (TPSA) is 73.9 Å². The van der Waals surface area contributed by atoms with E-state index in [0.717, 1.165) is 0 Å². The number of carbonyl (C=O) groups excluding carboxylic acids is 2. The number of benzene rings is 2. The zero-order chi connectivity index (χ0) is 20.5. The Morgan fingerprint density at radius 2 is 1.57 bits per heavy atom. The number of hydrogen-bond donors (Lipinski definition) is 1. The number of amides is 1. The molecule has 0 saturated carbocycles. The molecular formula is C20H21Cl2NO5. The lowest BCUT2D eigenvalue weighted by Crippen LogP contribution is -2.21. The normalized spacial score (nSPS) is 10.3. The van der Waals surface area contributed by atoms with Gasteiger partial charge in [0.25, 0.3) is 5.91 Å². The van der Waals surface area contributed by atoms with Crippen molar-refractivity contribution in [2.75, 3.05) is 25.1 Å². The number of ether oxygens (including phenoxy) is 3.